The first-order valence-corrected chi connectivity index (χ1v) is 13.0. The van der Waals surface area contributed by atoms with Crippen molar-refractivity contribution in [3.63, 3.8) is 0 Å². The monoisotopic (exact) mass is 616 g/mol. The summed E-state index contributed by atoms with van der Waals surface area (Å²) >= 11 is 0. The smallest absolute Gasteiger partial charge is 0.311 e. The molecule has 0 saturated carbocycles. The molecule has 0 bridgehead atoms. The minimum atomic E-state index is -4.58. The Bertz CT molecular complexity index is 1620. The Morgan fingerprint density at radius 2 is 0.477 bits per heavy atom. The maximum absolute atomic E-state index is 13.2. The predicted molar refractivity (Wildman–Crippen MR) is 151 cm³/mol. The molecule has 2 nitrogen and oxygen atoms in total. The second kappa shape index (κ2) is 11.6. The Hall–Kier alpha value is -4.93. The number of alkyl halides is 9. The quantitative estimate of drug-likeness (QED) is 0.175. The maximum atomic E-state index is 13.2. The van der Waals surface area contributed by atoms with Gasteiger partial charge in [-0.2, -0.15) is 39.5 Å². The molecule has 0 unspecified atom stereocenters. The van der Waals surface area contributed by atoms with Crippen LogP contribution in [0.15, 0.2) is 127 Å². The zero-order valence-electron chi connectivity index (χ0n) is 22.4. The van der Waals surface area contributed by atoms with Gasteiger partial charge in [-0.25, -0.2) is 0 Å². The average Bonchev–Trinajstić information content (AvgIpc) is 2.98. The van der Waals surface area contributed by atoms with Gasteiger partial charge in [0.25, 0.3) is 0 Å². The molecule has 0 aliphatic carbocycles. The van der Waals surface area contributed by atoms with E-state index in [0.29, 0.717) is 22.7 Å². The van der Waals surface area contributed by atoms with E-state index in [0.717, 1.165) is 36.4 Å². The van der Waals surface area contributed by atoms with Gasteiger partial charge in [0.2, 0.25) is 0 Å². The van der Waals surface area contributed by atoms with Crippen LogP contribution in [0, 0.1) is 0 Å². The minimum absolute atomic E-state index is 0.258. The number of para-hydroxylation sites is 1. The first-order chi connectivity index (χ1) is 20.7. The lowest BCUT2D eigenvalue weighted by Crippen LogP contribution is -2.13. The van der Waals surface area contributed by atoms with Crippen LogP contribution < -0.4 is 9.80 Å². The van der Waals surface area contributed by atoms with Crippen molar-refractivity contribution in [3.8, 4) is 0 Å². The van der Waals surface area contributed by atoms with E-state index in [1.165, 1.54) is 41.3 Å². The van der Waals surface area contributed by atoms with Gasteiger partial charge in [0, 0.05) is 34.1 Å². The van der Waals surface area contributed by atoms with Crippen molar-refractivity contribution in [1.82, 2.24) is 0 Å². The molecule has 44 heavy (non-hydrogen) atoms. The van der Waals surface area contributed by atoms with Crippen molar-refractivity contribution in [1.29, 1.82) is 0 Å². The van der Waals surface area contributed by atoms with Crippen LogP contribution in [0.3, 0.4) is 0 Å². The average molecular weight is 617 g/mol. The van der Waals surface area contributed by atoms with Crippen LogP contribution in [-0.2, 0) is 18.5 Å². The summed E-state index contributed by atoms with van der Waals surface area (Å²) in [5.41, 5.74) is -0.0532. The lowest BCUT2D eigenvalue weighted by molar-refractivity contribution is -0.138. The van der Waals surface area contributed by atoms with Crippen molar-refractivity contribution < 1.29 is 39.5 Å². The topological polar surface area (TPSA) is 6.48 Å². The molecule has 0 amide bonds. The Morgan fingerprint density at radius 3 is 0.705 bits per heavy atom. The molecule has 0 radical (unpaired) electrons. The van der Waals surface area contributed by atoms with Crippen LogP contribution in [-0.4, -0.2) is 0 Å². The van der Waals surface area contributed by atoms with Gasteiger partial charge in [-0.3, -0.25) is 0 Å². The van der Waals surface area contributed by atoms with Crippen molar-refractivity contribution >= 4 is 34.1 Å². The van der Waals surface area contributed by atoms with Crippen molar-refractivity contribution in [3.05, 3.63) is 144 Å². The fraction of sp³-hybridized carbons (Fsp3) is 0.0909. The van der Waals surface area contributed by atoms with Gasteiger partial charge >= 0.3 is 18.5 Å². The Balaban J connectivity index is 1.57. The largest absolute Gasteiger partial charge is 0.416 e. The SMILES string of the molecule is FC(F)(F)c1ccc(N(c2ccccc2)c2ccc(N(c3ccc(C(F)(F)F)cc3)c3ccc(C(F)(F)F)cc3)cc2)cc1. The number of hydrogen-bond acceptors (Lipinski definition) is 2. The van der Waals surface area contributed by atoms with Gasteiger partial charge < -0.3 is 9.80 Å². The van der Waals surface area contributed by atoms with E-state index < -0.39 is 35.2 Å². The van der Waals surface area contributed by atoms with E-state index in [2.05, 4.69) is 0 Å². The number of anilines is 6. The van der Waals surface area contributed by atoms with Gasteiger partial charge in [-0.15, -0.1) is 0 Å². The summed E-state index contributed by atoms with van der Waals surface area (Å²) in [4.78, 5) is 3.21. The number of halogens is 9. The van der Waals surface area contributed by atoms with Crippen LogP contribution in [0.2, 0.25) is 0 Å². The van der Waals surface area contributed by atoms with Crippen LogP contribution in [0.25, 0.3) is 0 Å². The van der Waals surface area contributed by atoms with Gasteiger partial charge in [0.1, 0.15) is 0 Å². The fourth-order valence-electron chi connectivity index (χ4n) is 4.62. The first-order valence-electron chi connectivity index (χ1n) is 13.0. The fourth-order valence-corrected chi connectivity index (χ4v) is 4.62. The summed E-state index contributed by atoms with van der Waals surface area (Å²) in [6, 6.07) is 28.4. The summed E-state index contributed by atoms with van der Waals surface area (Å²) in [7, 11) is 0. The molecule has 0 N–H and O–H groups in total. The van der Waals surface area contributed by atoms with Crippen molar-refractivity contribution in [2.24, 2.45) is 0 Å². The third kappa shape index (κ3) is 6.66. The number of rotatable bonds is 6. The lowest BCUT2D eigenvalue weighted by atomic mass is 10.1. The highest BCUT2D eigenvalue weighted by Crippen LogP contribution is 2.41. The van der Waals surface area contributed by atoms with E-state index in [1.54, 1.807) is 59.5 Å². The van der Waals surface area contributed by atoms with Gasteiger partial charge in [0.15, 0.2) is 0 Å². The highest BCUT2D eigenvalue weighted by molar-refractivity contribution is 5.81. The molecule has 0 spiro atoms. The second-order valence-corrected chi connectivity index (χ2v) is 9.66. The third-order valence-corrected chi connectivity index (χ3v) is 6.74. The molecular formula is C33H21F9N2. The van der Waals surface area contributed by atoms with Gasteiger partial charge in [-0.05, 0) is 109 Å². The highest BCUT2D eigenvalue weighted by atomic mass is 19.4. The highest BCUT2D eigenvalue weighted by Gasteiger charge is 2.32. The number of nitrogens with zero attached hydrogens (tertiary/aromatic N) is 2. The van der Waals surface area contributed by atoms with Crippen molar-refractivity contribution in [2.45, 2.75) is 18.5 Å². The Labute approximate surface area is 246 Å². The van der Waals surface area contributed by atoms with Crippen molar-refractivity contribution in [2.75, 3.05) is 9.80 Å². The minimum Gasteiger partial charge on any atom is -0.311 e. The predicted octanol–water partition coefficient (Wildman–Crippen LogP) is 11.7. The van der Waals surface area contributed by atoms with E-state index in [9.17, 15) is 39.5 Å². The Morgan fingerprint density at radius 1 is 0.273 bits per heavy atom. The molecule has 11 heteroatoms. The normalized spacial score (nSPS) is 12.2. The van der Waals surface area contributed by atoms with E-state index in [-0.39, 0.29) is 11.4 Å². The second-order valence-electron chi connectivity index (χ2n) is 9.66. The molecule has 0 fully saturated rings. The molecule has 0 saturated heterocycles. The summed E-state index contributed by atoms with van der Waals surface area (Å²) in [6.07, 6.45) is -13.7. The number of hydrogen-bond donors (Lipinski definition) is 0. The van der Waals surface area contributed by atoms with E-state index in [1.807, 2.05) is 0 Å². The third-order valence-electron chi connectivity index (χ3n) is 6.74. The zero-order valence-corrected chi connectivity index (χ0v) is 22.4. The van der Waals surface area contributed by atoms with Crippen LogP contribution >= 0.6 is 0 Å². The molecule has 0 aliphatic heterocycles. The molecule has 5 aromatic rings. The number of benzene rings is 5. The zero-order chi connectivity index (χ0) is 31.7. The van der Waals surface area contributed by atoms with Gasteiger partial charge in [-0.1, -0.05) is 18.2 Å². The Kier molecular flexibility index (Phi) is 8.07. The molecule has 0 aliphatic rings. The lowest BCUT2D eigenvalue weighted by Gasteiger charge is -2.28. The van der Waals surface area contributed by atoms with Crippen LogP contribution in [0.4, 0.5) is 73.6 Å². The maximum Gasteiger partial charge on any atom is 0.416 e. The molecular weight excluding hydrogens is 595 g/mol. The van der Waals surface area contributed by atoms with E-state index >= 15 is 0 Å². The molecule has 0 atom stereocenters. The standard InChI is InChI=1S/C33H21F9N2/c34-31(35,36)22-6-12-26(13-7-22)43(25-4-2-1-3-5-25)29-18-20-30(21-19-29)44(27-14-8-23(9-15-27)32(37,38)39)28-16-10-24(11-17-28)33(40,41)42/h1-21H. The summed E-state index contributed by atoms with van der Waals surface area (Å²) in [5, 5.41) is 0. The first kappa shape index (κ1) is 30.5. The summed E-state index contributed by atoms with van der Waals surface area (Å²) in [6.45, 7) is 0. The van der Waals surface area contributed by atoms with E-state index in [4.69, 9.17) is 0 Å². The molecule has 0 aromatic heterocycles. The molecule has 5 aromatic carbocycles. The molecule has 5 rings (SSSR count). The van der Waals surface area contributed by atoms with Crippen LogP contribution in [0.5, 0.6) is 0 Å². The molecule has 226 valence electrons. The van der Waals surface area contributed by atoms with Crippen LogP contribution in [0.1, 0.15) is 16.7 Å². The molecule has 0 heterocycles. The summed E-state index contributed by atoms with van der Waals surface area (Å²) in [5.74, 6) is 0. The summed E-state index contributed by atoms with van der Waals surface area (Å²) < 4.78 is 119. The van der Waals surface area contributed by atoms with Gasteiger partial charge in [0.05, 0.1) is 16.7 Å².